The summed E-state index contributed by atoms with van der Waals surface area (Å²) < 4.78 is 0. The van der Waals surface area contributed by atoms with E-state index in [2.05, 4.69) is 19.9 Å². The number of Topliss-reactive ketones (excluding diaryl/α,β-unsaturated/α-hetero) is 1. The number of hydrogen-bond donors (Lipinski definition) is 0. The maximum absolute atomic E-state index is 12.3. The Balaban J connectivity index is 2.08. The Morgan fingerprint density at radius 1 is 1.35 bits per heavy atom. The lowest BCUT2D eigenvalue weighted by molar-refractivity contribution is -0.114. The molecule has 0 bridgehead atoms. The standard InChI is InChI=1S/C14H21NOS/c1-14(2,11-5-6-11)9-12(16)13(10-15)17-7-3-4-8-17/h11H,3-9H2,1-2H3. The first-order chi connectivity index (χ1) is 8.04. The van der Waals surface area contributed by atoms with E-state index in [4.69, 9.17) is 0 Å². The van der Waals surface area contributed by atoms with Gasteiger partial charge in [0.15, 0.2) is 5.78 Å². The van der Waals surface area contributed by atoms with Gasteiger partial charge in [0, 0.05) is 6.42 Å². The average molecular weight is 251 g/mol. The van der Waals surface area contributed by atoms with Gasteiger partial charge in [0.2, 0.25) is 0 Å². The van der Waals surface area contributed by atoms with Crippen LogP contribution in [0.15, 0.2) is 0 Å². The van der Waals surface area contributed by atoms with Gasteiger partial charge in [-0.2, -0.15) is 15.7 Å². The summed E-state index contributed by atoms with van der Waals surface area (Å²) >= 11 is 0. The summed E-state index contributed by atoms with van der Waals surface area (Å²) in [6.45, 7) is 4.35. The maximum atomic E-state index is 12.3. The minimum Gasteiger partial charge on any atom is -0.293 e. The zero-order valence-corrected chi connectivity index (χ0v) is 11.6. The van der Waals surface area contributed by atoms with Gasteiger partial charge in [-0.3, -0.25) is 4.79 Å². The number of carbonyl (C=O) groups is 1. The van der Waals surface area contributed by atoms with Crippen LogP contribution >= 0.6 is 10.5 Å². The van der Waals surface area contributed by atoms with E-state index in [1.165, 1.54) is 25.7 Å². The van der Waals surface area contributed by atoms with Gasteiger partial charge in [0.25, 0.3) is 0 Å². The van der Waals surface area contributed by atoms with Crippen LogP contribution in [0, 0.1) is 22.7 Å². The fourth-order valence-electron chi connectivity index (χ4n) is 2.65. The van der Waals surface area contributed by atoms with Crippen molar-refractivity contribution in [1.29, 1.82) is 5.26 Å². The van der Waals surface area contributed by atoms with Crippen LogP contribution in [0.25, 0.3) is 0 Å². The van der Waals surface area contributed by atoms with Gasteiger partial charge in [-0.05, 0) is 48.5 Å². The lowest BCUT2D eigenvalue weighted by Crippen LogP contribution is -2.24. The molecule has 0 N–H and O–H groups in total. The van der Waals surface area contributed by atoms with Crippen LogP contribution in [0.3, 0.4) is 0 Å². The molecule has 0 atom stereocenters. The summed E-state index contributed by atoms with van der Waals surface area (Å²) in [6.07, 6.45) is 5.47. The Bertz CT molecular complexity index is 391. The monoisotopic (exact) mass is 251 g/mol. The summed E-state index contributed by atoms with van der Waals surface area (Å²) in [5.74, 6) is 2.98. The van der Waals surface area contributed by atoms with Crippen molar-refractivity contribution < 1.29 is 4.79 Å². The van der Waals surface area contributed by atoms with E-state index >= 15 is 0 Å². The molecule has 2 nitrogen and oxygen atoms in total. The predicted molar refractivity (Wildman–Crippen MR) is 73.3 cm³/mol. The molecule has 94 valence electrons. The van der Waals surface area contributed by atoms with Crippen molar-refractivity contribution in [2.24, 2.45) is 11.3 Å². The fourth-order valence-corrected chi connectivity index (χ4v) is 4.89. The molecular formula is C14H21NOS. The molecule has 0 aromatic carbocycles. The number of nitriles is 1. The lowest BCUT2D eigenvalue weighted by Gasteiger charge is -2.23. The van der Waals surface area contributed by atoms with Crippen LogP contribution in [-0.4, -0.2) is 22.2 Å². The van der Waals surface area contributed by atoms with Crippen LogP contribution in [0.1, 0.15) is 46.0 Å². The lowest BCUT2D eigenvalue weighted by atomic mass is 9.82. The zero-order chi connectivity index (χ0) is 12.5. The van der Waals surface area contributed by atoms with Crippen LogP contribution in [0.2, 0.25) is 0 Å². The van der Waals surface area contributed by atoms with E-state index in [-0.39, 0.29) is 21.7 Å². The Hall–Kier alpha value is -0.620. The van der Waals surface area contributed by atoms with Crippen LogP contribution in [0.4, 0.5) is 0 Å². The SMILES string of the molecule is CC(C)(CC(=O)C(C#N)=S1CCCC1)C1CC1. The molecule has 0 spiro atoms. The number of carbonyl (C=O) groups excluding carboxylic acids is 1. The van der Waals surface area contributed by atoms with Crippen LogP contribution in [-0.2, 0) is 4.79 Å². The molecule has 0 amide bonds. The van der Waals surface area contributed by atoms with Crippen molar-refractivity contribution in [1.82, 2.24) is 0 Å². The average Bonchev–Trinajstić information content (AvgIpc) is 2.99. The molecule has 1 saturated carbocycles. The Morgan fingerprint density at radius 2 is 1.94 bits per heavy atom. The van der Waals surface area contributed by atoms with Crippen molar-refractivity contribution in [3.8, 4) is 6.07 Å². The highest BCUT2D eigenvalue weighted by atomic mass is 32.2. The number of nitrogens with zero attached hydrogens (tertiary/aromatic N) is 1. The van der Waals surface area contributed by atoms with E-state index in [0.29, 0.717) is 17.2 Å². The zero-order valence-electron chi connectivity index (χ0n) is 10.8. The topological polar surface area (TPSA) is 40.9 Å². The molecular weight excluding hydrogens is 230 g/mol. The molecule has 0 aromatic rings. The molecule has 1 aliphatic heterocycles. The molecule has 3 heteroatoms. The molecule has 1 heterocycles. The van der Waals surface area contributed by atoms with Crippen molar-refractivity contribution in [3.05, 3.63) is 0 Å². The van der Waals surface area contributed by atoms with E-state index < -0.39 is 0 Å². The second-order valence-corrected chi connectivity index (χ2v) is 8.12. The van der Waals surface area contributed by atoms with Gasteiger partial charge in [-0.25, -0.2) is 0 Å². The van der Waals surface area contributed by atoms with Crippen molar-refractivity contribution in [2.45, 2.75) is 46.0 Å². The molecule has 0 aromatic heterocycles. The number of hydrogen-bond acceptors (Lipinski definition) is 2. The van der Waals surface area contributed by atoms with E-state index in [1.54, 1.807) is 0 Å². The van der Waals surface area contributed by atoms with Gasteiger partial charge < -0.3 is 0 Å². The second kappa shape index (κ2) is 4.94. The third kappa shape index (κ3) is 2.98. The third-order valence-corrected chi connectivity index (χ3v) is 6.43. The molecule has 2 fully saturated rings. The molecule has 0 unspecified atom stereocenters. The fraction of sp³-hybridized carbons (Fsp3) is 0.786. The third-order valence-electron chi connectivity index (χ3n) is 3.97. The predicted octanol–water partition coefficient (Wildman–Crippen LogP) is 3.14. The normalized spacial score (nSPS) is 21.2. The van der Waals surface area contributed by atoms with Crippen molar-refractivity contribution in [3.63, 3.8) is 0 Å². The second-order valence-electron chi connectivity index (χ2n) is 5.91. The van der Waals surface area contributed by atoms with Crippen LogP contribution in [0.5, 0.6) is 0 Å². The largest absolute Gasteiger partial charge is 0.293 e. The summed E-state index contributed by atoms with van der Waals surface area (Å²) in [5, 5.41) is 9.21. The van der Waals surface area contributed by atoms with E-state index in [9.17, 15) is 10.1 Å². The van der Waals surface area contributed by atoms with E-state index in [1.807, 2.05) is 0 Å². The number of ketones is 1. The summed E-state index contributed by atoms with van der Waals surface area (Å²) in [5.41, 5.74) is 0.0995. The highest BCUT2D eigenvalue weighted by Gasteiger charge is 2.39. The first-order valence-corrected chi connectivity index (χ1v) is 8.08. The molecule has 1 aliphatic carbocycles. The molecule has 0 radical (unpaired) electrons. The quantitative estimate of drug-likeness (QED) is 0.720. The summed E-state index contributed by atoms with van der Waals surface area (Å²) in [7, 11) is -0.0167. The van der Waals surface area contributed by atoms with Gasteiger partial charge in [-0.15, -0.1) is 0 Å². The van der Waals surface area contributed by atoms with E-state index in [0.717, 1.165) is 11.5 Å². The molecule has 2 rings (SSSR count). The van der Waals surface area contributed by atoms with Crippen molar-refractivity contribution >= 4 is 21.1 Å². The Morgan fingerprint density at radius 3 is 2.41 bits per heavy atom. The summed E-state index contributed by atoms with van der Waals surface area (Å²) in [6, 6.07) is 2.21. The van der Waals surface area contributed by atoms with Crippen molar-refractivity contribution in [2.75, 3.05) is 11.5 Å². The van der Waals surface area contributed by atoms with Gasteiger partial charge >= 0.3 is 0 Å². The number of rotatable bonds is 4. The molecule has 2 aliphatic rings. The van der Waals surface area contributed by atoms with Gasteiger partial charge in [0.05, 0.1) is 0 Å². The Labute approximate surface area is 106 Å². The highest BCUT2D eigenvalue weighted by Crippen LogP contribution is 2.47. The minimum absolute atomic E-state index is 0.0167. The van der Waals surface area contributed by atoms with Gasteiger partial charge in [-0.1, -0.05) is 13.8 Å². The smallest absolute Gasteiger partial charge is 0.179 e. The molecule has 1 saturated heterocycles. The maximum Gasteiger partial charge on any atom is 0.179 e. The highest BCUT2D eigenvalue weighted by molar-refractivity contribution is 8.17. The van der Waals surface area contributed by atoms with Crippen LogP contribution < -0.4 is 0 Å². The molecule has 17 heavy (non-hydrogen) atoms. The first kappa shape index (κ1) is 12.8. The first-order valence-electron chi connectivity index (χ1n) is 6.52. The Kier molecular flexibility index (Phi) is 3.73. The summed E-state index contributed by atoms with van der Waals surface area (Å²) in [4.78, 5) is 12.9. The minimum atomic E-state index is -0.0167. The van der Waals surface area contributed by atoms with Gasteiger partial charge in [0.1, 0.15) is 10.9 Å².